The van der Waals surface area contributed by atoms with E-state index in [9.17, 15) is 4.79 Å². The van der Waals surface area contributed by atoms with E-state index in [1.165, 1.54) is 0 Å². The summed E-state index contributed by atoms with van der Waals surface area (Å²) < 4.78 is 5.45. The van der Waals surface area contributed by atoms with Crippen LogP contribution in [-0.4, -0.2) is 18.6 Å². The molecule has 0 aliphatic heterocycles. The first kappa shape index (κ1) is 15.0. The van der Waals surface area contributed by atoms with Crippen molar-refractivity contribution in [3.8, 4) is 5.75 Å². The lowest BCUT2D eigenvalue weighted by Gasteiger charge is -2.16. The van der Waals surface area contributed by atoms with Crippen LogP contribution in [0.25, 0.3) is 0 Å². The molecule has 1 aliphatic carbocycles. The van der Waals surface area contributed by atoms with Gasteiger partial charge >= 0.3 is 0 Å². The summed E-state index contributed by atoms with van der Waals surface area (Å²) in [5.41, 5.74) is 11.8. The molecule has 1 aliphatic rings. The number of hydrogen-bond donors (Lipinski definition) is 1. The molecule has 0 saturated heterocycles. The average molecular weight is 284 g/mol. The zero-order chi connectivity index (χ0) is 15.7. The lowest BCUT2D eigenvalue weighted by atomic mass is 9.97. The fourth-order valence-corrected chi connectivity index (χ4v) is 2.51. The van der Waals surface area contributed by atoms with Crippen molar-refractivity contribution in [2.75, 3.05) is 12.8 Å². The summed E-state index contributed by atoms with van der Waals surface area (Å²) in [6.45, 7) is 7.63. The lowest BCUT2D eigenvalue weighted by Crippen LogP contribution is -2.11. The number of anilines is 1. The number of nitrogen functional groups attached to an aromatic ring is 1. The summed E-state index contributed by atoms with van der Waals surface area (Å²) in [6.07, 6.45) is 3.19. The van der Waals surface area contributed by atoms with Crippen molar-refractivity contribution < 1.29 is 9.53 Å². The Morgan fingerprint density at radius 2 is 1.67 bits per heavy atom. The molecule has 2 rings (SSSR count). The van der Waals surface area contributed by atoms with E-state index in [2.05, 4.69) is 0 Å². The van der Waals surface area contributed by atoms with Crippen molar-refractivity contribution in [2.45, 2.75) is 27.7 Å². The van der Waals surface area contributed by atoms with Crippen LogP contribution in [0, 0.1) is 13.8 Å². The van der Waals surface area contributed by atoms with Gasteiger partial charge in [0, 0.05) is 11.3 Å². The van der Waals surface area contributed by atoms with Crippen LogP contribution in [0.1, 0.15) is 25.0 Å². The Morgan fingerprint density at radius 3 is 2.19 bits per heavy atom. The van der Waals surface area contributed by atoms with Crippen LogP contribution in [0.2, 0.25) is 0 Å². The molecule has 2 N–H and O–H groups in total. The Morgan fingerprint density at radius 1 is 1.10 bits per heavy atom. The molecule has 4 heteroatoms. The van der Waals surface area contributed by atoms with Crippen LogP contribution in [0.5, 0.6) is 5.75 Å². The summed E-state index contributed by atoms with van der Waals surface area (Å²) >= 11 is 0. The van der Waals surface area contributed by atoms with E-state index in [1.54, 1.807) is 19.3 Å². The highest BCUT2D eigenvalue weighted by Crippen LogP contribution is 2.37. The van der Waals surface area contributed by atoms with E-state index in [4.69, 9.17) is 15.5 Å². The van der Waals surface area contributed by atoms with E-state index in [0.29, 0.717) is 11.4 Å². The molecule has 0 unspecified atom stereocenters. The summed E-state index contributed by atoms with van der Waals surface area (Å²) in [7, 11) is 1.61. The van der Waals surface area contributed by atoms with Crippen LogP contribution in [0.3, 0.4) is 0 Å². The molecule has 4 nitrogen and oxygen atoms in total. The third-order valence-electron chi connectivity index (χ3n) is 3.66. The summed E-state index contributed by atoms with van der Waals surface area (Å²) in [5.74, 6) is 0.670. The van der Waals surface area contributed by atoms with Gasteiger partial charge < -0.3 is 10.5 Å². The summed E-state index contributed by atoms with van der Waals surface area (Å²) in [6, 6.07) is 1.91. The maximum Gasteiger partial charge on any atom is 0.179 e. The van der Waals surface area contributed by atoms with E-state index >= 15 is 0 Å². The minimum atomic E-state index is 0.000539. The number of methoxy groups -OCH3 is 1. The van der Waals surface area contributed by atoms with Crippen molar-refractivity contribution in [1.82, 2.24) is 0 Å². The summed E-state index contributed by atoms with van der Waals surface area (Å²) in [4.78, 5) is 16.2. The van der Waals surface area contributed by atoms with Crippen LogP contribution < -0.4 is 10.5 Å². The van der Waals surface area contributed by atoms with Gasteiger partial charge in [0.05, 0.1) is 12.8 Å². The lowest BCUT2D eigenvalue weighted by molar-refractivity contribution is -0.110. The van der Waals surface area contributed by atoms with Gasteiger partial charge in [-0.15, -0.1) is 0 Å². The Labute approximate surface area is 125 Å². The van der Waals surface area contributed by atoms with Crippen molar-refractivity contribution in [1.29, 1.82) is 0 Å². The molecule has 0 heterocycles. The number of hydrogen-bond acceptors (Lipinski definition) is 4. The highest BCUT2D eigenvalue weighted by atomic mass is 16.5. The molecule has 0 radical (unpaired) electrons. The first-order valence-electron chi connectivity index (χ1n) is 6.78. The third-order valence-corrected chi connectivity index (χ3v) is 3.66. The number of ketones is 1. The molecular formula is C17H20N2O2. The highest BCUT2D eigenvalue weighted by molar-refractivity contribution is 6.22. The number of aliphatic imine (C=N–C) groups is 1. The molecular weight excluding hydrogens is 264 g/mol. The highest BCUT2D eigenvalue weighted by Gasteiger charge is 2.16. The van der Waals surface area contributed by atoms with Crippen molar-refractivity contribution >= 4 is 22.9 Å². The standard InChI is InChI=1S/C17H20N2O2/c1-9-8-14(17(21-5)12(4)15(9)18)19-16-10(2)6-13(20)7-11(16)3/h6-8H,18H2,1-5H3. The Kier molecular flexibility index (Phi) is 3.98. The van der Waals surface area contributed by atoms with E-state index in [-0.39, 0.29) is 5.78 Å². The number of carbonyl (C=O) groups is 1. The van der Waals surface area contributed by atoms with Gasteiger partial charge in [0.2, 0.25) is 0 Å². The van der Waals surface area contributed by atoms with Gasteiger partial charge in [0.1, 0.15) is 11.4 Å². The number of ether oxygens (including phenoxy) is 1. The average Bonchev–Trinajstić information content (AvgIpc) is 2.40. The number of rotatable bonds is 2. The molecule has 0 spiro atoms. The first-order valence-corrected chi connectivity index (χ1v) is 6.78. The van der Waals surface area contributed by atoms with Crippen molar-refractivity contribution in [3.05, 3.63) is 40.5 Å². The second kappa shape index (κ2) is 5.56. The predicted octanol–water partition coefficient (Wildman–Crippen LogP) is 3.44. The maximum atomic E-state index is 11.5. The number of nitrogens with zero attached hydrogens (tertiary/aromatic N) is 1. The zero-order valence-corrected chi connectivity index (χ0v) is 13.1. The fourth-order valence-electron chi connectivity index (χ4n) is 2.51. The quantitative estimate of drug-likeness (QED) is 0.668. The SMILES string of the molecule is COc1c(N=C2C(C)=CC(=O)C=C2C)cc(C)c(N)c1C. The number of benzene rings is 1. The zero-order valence-electron chi connectivity index (χ0n) is 13.1. The topological polar surface area (TPSA) is 64.7 Å². The van der Waals surface area contributed by atoms with Crippen LogP contribution in [-0.2, 0) is 4.79 Å². The van der Waals surface area contributed by atoms with E-state index < -0.39 is 0 Å². The van der Waals surface area contributed by atoms with Crippen molar-refractivity contribution in [2.24, 2.45) is 4.99 Å². The second-order valence-electron chi connectivity index (χ2n) is 5.30. The molecule has 0 atom stereocenters. The largest absolute Gasteiger partial charge is 0.494 e. The summed E-state index contributed by atoms with van der Waals surface area (Å²) in [5, 5.41) is 0. The van der Waals surface area contributed by atoms with Gasteiger partial charge in [-0.05, 0) is 62.6 Å². The van der Waals surface area contributed by atoms with Crippen LogP contribution >= 0.6 is 0 Å². The molecule has 0 bridgehead atoms. The smallest absolute Gasteiger partial charge is 0.179 e. The normalized spacial score (nSPS) is 14.7. The number of carbonyl (C=O) groups excluding carboxylic acids is 1. The number of aryl methyl sites for hydroxylation is 1. The molecule has 110 valence electrons. The molecule has 1 aromatic rings. The number of nitrogens with two attached hydrogens (primary N) is 1. The Balaban J connectivity index is 2.63. The van der Waals surface area contributed by atoms with Gasteiger partial charge in [-0.3, -0.25) is 4.79 Å². The van der Waals surface area contributed by atoms with Crippen molar-refractivity contribution in [3.63, 3.8) is 0 Å². The van der Waals surface area contributed by atoms with Gasteiger partial charge in [-0.25, -0.2) is 4.99 Å². The minimum Gasteiger partial charge on any atom is -0.494 e. The fraction of sp³-hybridized carbons (Fsp3) is 0.294. The van der Waals surface area contributed by atoms with Gasteiger partial charge in [-0.2, -0.15) is 0 Å². The van der Waals surface area contributed by atoms with Crippen LogP contribution in [0.4, 0.5) is 11.4 Å². The van der Waals surface area contributed by atoms with E-state index in [0.717, 1.165) is 33.7 Å². The van der Waals surface area contributed by atoms with Gasteiger partial charge in [-0.1, -0.05) is 0 Å². The van der Waals surface area contributed by atoms with E-state index in [1.807, 2.05) is 33.8 Å². The Bertz CT molecular complexity index is 686. The Hall–Kier alpha value is -2.36. The second-order valence-corrected chi connectivity index (χ2v) is 5.30. The molecule has 0 amide bonds. The monoisotopic (exact) mass is 284 g/mol. The molecule has 0 saturated carbocycles. The number of allylic oxidation sites excluding steroid dienone is 4. The molecule has 21 heavy (non-hydrogen) atoms. The molecule has 0 aromatic heterocycles. The first-order chi connectivity index (χ1) is 9.85. The minimum absolute atomic E-state index is 0.000539. The van der Waals surface area contributed by atoms with Gasteiger partial charge in [0.25, 0.3) is 0 Å². The molecule has 1 aromatic carbocycles. The maximum absolute atomic E-state index is 11.5. The molecule has 0 fully saturated rings. The predicted molar refractivity (Wildman–Crippen MR) is 86.5 cm³/mol. The van der Waals surface area contributed by atoms with Gasteiger partial charge in [0.15, 0.2) is 5.78 Å². The third kappa shape index (κ3) is 2.75. The van der Waals surface area contributed by atoms with Crippen LogP contribution in [0.15, 0.2) is 34.4 Å².